The van der Waals surface area contributed by atoms with E-state index < -0.39 is 55.3 Å². The summed E-state index contributed by atoms with van der Waals surface area (Å²) < 4.78 is 31.7. The lowest BCUT2D eigenvalue weighted by molar-refractivity contribution is -0.310. The van der Waals surface area contributed by atoms with Gasteiger partial charge in [0.25, 0.3) is 0 Å². The van der Waals surface area contributed by atoms with Crippen LogP contribution in [0, 0.1) is 10.8 Å². The van der Waals surface area contributed by atoms with Crippen molar-refractivity contribution < 1.29 is 28.5 Å². The Morgan fingerprint density at radius 3 is 1.81 bits per heavy atom. The van der Waals surface area contributed by atoms with Gasteiger partial charge in [0.2, 0.25) is 4.93 Å². The Morgan fingerprint density at radius 2 is 1.43 bits per heavy atom. The van der Waals surface area contributed by atoms with Crippen molar-refractivity contribution in [3.05, 3.63) is 0 Å². The molecule has 0 aromatic carbocycles. The predicted octanol–water partition coefficient (Wildman–Crippen LogP) is 0.0550. The van der Waals surface area contributed by atoms with E-state index in [0.717, 1.165) is 0 Å². The van der Waals surface area contributed by atoms with Crippen LogP contribution in [0.25, 0.3) is 0 Å². The van der Waals surface area contributed by atoms with Gasteiger partial charge >= 0.3 is 0 Å². The fourth-order valence-electron chi connectivity index (χ4n) is 3.69. The lowest BCUT2D eigenvalue weighted by Crippen LogP contribution is -2.72. The second kappa shape index (κ2) is 4.20. The second-order valence-electron chi connectivity index (χ2n) is 8.30. The Morgan fingerprint density at radius 1 is 0.952 bits per heavy atom. The summed E-state index contributed by atoms with van der Waals surface area (Å²) in [7, 11) is -3.89. The number of aliphatic hydroxyl groups excluding tert-OH is 3. The Kier molecular flexibility index (Phi) is 3.43. The molecule has 0 amide bonds. The minimum atomic E-state index is -3.89. The molecule has 5 atom stereocenters. The average molecular weight is 322 g/mol. The van der Waals surface area contributed by atoms with Crippen LogP contribution in [0.2, 0.25) is 0 Å². The van der Waals surface area contributed by atoms with Gasteiger partial charge in [0.15, 0.2) is 9.84 Å². The fourth-order valence-corrected chi connectivity index (χ4v) is 6.85. The zero-order chi connectivity index (χ0) is 16.6. The highest BCUT2D eigenvalue weighted by atomic mass is 32.2. The van der Waals surface area contributed by atoms with Gasteiger partial charge in [-0.05, 0) is 5.41 Å². The summed E-state index contributed by atoms with van der Waals surface area (Å²) in [6, 6.07) is 0. The SMILES string of the molecule is CC(C)(C)C12CS(=O)(=O)C(C(C)(C)C)(O1)C(O)C(O)C2O. The Hall–Kier alpha value is -0.210. The quantitative estimate of drug-likeness (QED) is 0.582. The van der Waals surface area contributed by atoms with Gasteiger partial charge in [-0.3, -0.25) is 0 Å². The minimum Gasteiger partial charge on any atom is -0.387 e. The topological polar surface area (TPSA) is 104 Å². The molecule has 0 aromatic rings. The maximum Gasteiger partial charge on any atom is 0.202 e. The summed E-state index contributed by atoms with van der Waals surface area (Å²) in [6.45, 7) is 10.2. The average Bonchev–Trinajstić information content (AvgIpc) is 2.51. The highest BCUT2D eigenvalue weighted by molar-refractivity contribution is 7.93. The largest absolute Gasteiger partial charge is 0.387 e. The van der Waals surface area contributed by atoms with Gasteiger partial charge in [0.05, 0.1) is 5.75 Å². The third-order valence-corrected chi connectivity index (χ3v) is 7.70. The number of hydrogen-bond acceptors (Lipinski definition) is 6. The number of fused-ring (bicyclic) bond motifs is 2. The number of sulfone groups is 1. The van der Waals surface area contributed by atoms with Crippen molar-refractivity contribution in [2.45, 2.75) is 70.4 Å². The molecule has 0 spiro atoms. The number of ether oxygens (including phenoxy) is 1. The molecular weight excluding hydrogens is 296 g/mol. The maximum absolute atomic E-state index is 12.9. The van der Waals surface area contributed by atoms with E-state index in [1.807, 2.05) is 0 Å². The fraction of sp³-hybridized carbons (Fsp3) is 1.00. The van der Waals surface area contributed by atoms with E-state index in [1.54, 1.807) is 41.5 Å². The molecule has 124 valence electrons. The molecule has 2 bridgehead atoms. The first-order chi connectivity index (χ1) is 9.14. The number of aliphatic hydroxyl groups is 3. The summed E-state index contributed by atoms with van der Waals surface area (Å²) in [5.41, 5.74) is -3.13. The van der Waals surface area contributed by atoms with Crippen LogP contribution >= 0.6 is 0 Å². The minimum absolute atomic E-state index is 0.421. The molecule has 0 saturated carbocycles. The molecule has 6 nitrogen and oxygen atoms in total. The molecule has 2 rings (SSSR count). The van der Waals surface area contributed by atoms with Crippen LogP contribution in [0.5, 0.6) is 0 Å². The van der Waals surface area contributed by atoms with Crippen molar-refractivity contribution in [2.75, 3.05) is 5.75 Å². The zero-order valence-corrected chi connectivity index (χ0v) is 14.2. The van der Waals surface area contributed by atoms with Crippen LogP contribution in [0.3, 0.4) is 0 Å². The highest BCUT2D eigenvalue weighted by Gasteiger charge is 2.78. The van der Waals surface area contributed by atoms with Crippen LogP contribution in [-0.2, 0) is 14.6 Å². The van der Waals surface area contributed by atoms with Crippen LogP contribution < -0.4 is 0 Å². The second-order valence-corrected chi connectivity index (χ2v) is 10.4. The van der Waals surface area contributed by atoms with Crippen molar-refractivity contribution in [1.29, 1.82) is 0 Å². The van der Waals surface area contributed by atoms with Crippen molar-refractivity contribution in [3.63, 3.8) is 0 Å². The summed E-state index contributed by atoms with van der Waals surface area (Å²) in [5, 5.41) is 31.1. The molecule has 7 heteroatoms. The standard InChI is InChI=1S/C14H26O6S/c1-11(2,3)13-7-21(18,19)14(20-13,12(4,5)6)10(17)8(15)9(13)16/h8-10,15-17H,7H2,1-6H3. The van der Waals surface area contributed by atoms with Gasteiger partial charge in [-0.2, -0.15) is 0 Å². The van der Waals surface area contributed by atoms with Crippen LogP contribution in [0.4, 0.5) is 0 Å². The van der Waals surface area contributed by atoms with E-state index in [1.165, 1.54) is 0 Å². The van der Waals surface area contributed by atoms with E-state index in [0.29, 0.717) is 0 Å². The first-order valence-corrected chi connectivity index (χ1v) is 8.76. The van der Waals surface area contributed by atoms with Crippen molar-refractivity contribution in [1.82, 2.24) is 0 Å². The van der Waals surface area contributed by atoms with Gasteiger partial charge in [0, 0.05) is 5.41 Å². The lowest BCUT2D eigenvalue weighted by Gasteiger charge is -2.55. The highest BCUT2D eigenvalue weighted by Crippen LogP contribution is 2.59. The third kappa shape index (κ3) is 1.81. The summed E-state index contributed by atoms with van der Waals surface area (Å²) in [5.74, 6) is -0.421. The molecule has 2 heterocycles. The van der Waals surface area contributed by atoms with Crippen LogP contribution in [-0.4, -0.2) is 58.3 Å². The third-order valence-electron chi connectivity index (χ3n) is 5.03. The van der Waals surface area contributed by atoms with Gasteiger partial charge in [-0.1, -0.05) is 41.5 Å². The number of rotatable bonds is 0. The summed E-state index contributed by atoms with van der Waals surface area (Å²) >= 11 is 0. The van der Waals surface area contributed by atoms with Gasteiger partial charge < -0.3 is 20.1 Å². The molecule has 2 aliphatic heterocycles. The summed E-state index contributed by atoms with van der Waals surface area (Å²) in [4.78, 5) is -1.92. The summed E-state index contributed by atoms with van der Waals surface area (Å²) in [6.07, 6.45) is -4.75. The van der Waals surface area contributed by atoms with Gasteiger partial charge in [0.1, 0.15) is 23.9 Å². The first-order valence-electron chi connectivity index (χ1n) is 7.11. The van der Waals surface area contributed by atoms with Gasteiger partial charge in [-0.15, -0.1) is 0 Å². The Labute approximate surface area is 126 Å². The molecule has 2 saturated heterocycles. The monoisotopic (exact) mass is 322 g/mol. The molecule has 2 fully saturated rings. The van der Waals surface area contributed by atoms with Crippen molar-refractivity contribution in [2.24, 2.45) is 10.8 Å². The zero-order valence-electron chi connectivity index (χ0n) is 13.4. The van der Waals surface area contributed by atoms with Gasteiger partial charge in [-0.25, -0.2) is 8.42 Å². The van der Waals surface area contributed by atoms with Crippen molar-refractivity contribution >= 4 is 9.84 Å². The van der Waals surface area contributed by atoms with E-state index in [-0.39, 0.29) is 0 Å². The van der Waals surface area contributed by atoms with E-state index in [4.69, 9.17) is 4.74 Å². The molecule has 0 aliphatic carbocycles. The maximum atomic E-state index is 12.9. The lowest BCUT2D eigenvalue weighted by atomic mass is 9.68. The predicted molar refractivity (Wildman–Crippen MR) is 77.3 cm³/mol. The smallest absolute Gasteiger partial charge is 0.202 e. The van der Waals surface area contributed by atoms with Crippen LogP contribution in [0.15, 0.2) is 0 Å². The molecule has 21 heavy (non-hydrogen) atoms. The van der Waals surface area contributed by atoms with E-state index in [2.05, 4.69) is 0 Å². The van der Waals surface area contributed by atoms with Crippen molar-refractivity contribution in [3.8, 4) is 0 Å². The number of hydrogen-bond donors (Lipinski definition) is 3. The molecule has 0 aromatic heterocycles. The first kappa shape index (κ1) is 17.1. The normalized spacial score (nSPS) is 46.6. The molecular formula is C14H26O6S. The van der Waals surface area contributed by atoms with E-state index in [9.17, 15) is 23.7 Å². The molecule has 3 N–H and O–H groups in total. The Balaban J connectivity index is 2.79. The molecule has 0 radical (unpaired) electrons. The molecule has 5 unspecified atom stereocenters. The van der Waals surface area contributed by atoms with Crippen LogP contribution in [0.1, 0.15) is 41.5 Å². The van der Waals surface area contributed by atoms with E-state index >= 15 is 0 Å². The Bertz CT molecular complexity index is 543. The molecule has 2 aliphatic rings.